The molecule has 3 fully saturated rings. The Morgan fingerprint density at radius 1 is 0.800 bits per heavy atom. The Morgan fingerprint density at radius 3 is 2.35 bits per heavy atom. The molecule has 0 radical (unpaired) electrons. The number of rotatable bonds is 2. The van der Waals surface area contributed by atoms with Crippen molar-refractivity contribution >= 4 is 0 Å². The Bertz CT molecular complexity index is 293. The summed E-state index contributed by atoms with van der Waals surface area (Å²) in [6.45, 7) is 6.56. The van der Waals surface area contributed by atoms with Crippen LogP contribution in [0.25, 0.3) is 0 Å². The van der Waals surface area contributed by atoms with Gasteiger partial charge in [-0.2, -0.15) is 0 Å². The second-order valence-corrected chi connectivity index (χ2v) is 6.81. The number of nitrogens with two attached hydrogens (primary N) is 1. The third-order valence-corrected chi connectivity index (χ3v) is 5.51. The first kappa shape index (κ1) is 14.8. The Labute approximate surface area is 123 Å². The summed E-state index contributed by atoms with van der Waals surface area (Å²) in [4.78, 5) is 5.34. The second kappa shape index (κ2) is 7.21. The SMILES string of the molecule is NC1CCCCCCC1N1CCC(N2CCOCC2)C1. The molecule has 2 aliphatic heterocycles. The van der Waals surface area contributed by atoms with Gasteiger partial charge in [0.15, 0.2) is 0 Å². The van der Waals surface area contributed by atoms with Gasteiger partial charge in [0.1, 0.15) is 0 Å². The lowest BCUT2D eigenvalue weighted by Gasteiger charge is -2.36. The zero-order valence-corrected chi connectivity index (χ0v) is 12.8. The lowest BCUT2D eigenvalue weighted by molar-refractivity contribution is 0.0170. The fraction of sp³-hybridized carbons (Fsp3) is 1.00. The van der Waals surface area contributed by atoms with Crippen LogP contribution in [0.2, 0.25) is 0 Å². The highest BCUT2D eigenvalue weighted by atomic mass is 16.5. The minimum Gasteiger partial charge on any atom is -0.379 e. The topological polar surface area (TPSA) is 41.7 Å². The van der Waals surface area contributed by atoms with E-state index in [1.54, 1.807) is 0 Å². The summed E-state index contributed by atoms with van der Waals surface area (Å²) in [5, 5.41) is 0. The van der Waals surface area contributed by atoms with Crippen molar-refractivity contribution in [2.45, 2.75) is 63.1 Å². The standard InChI is InChI=1S/C16H31N3O/c17-15-5-3-1-2-4-6-16(15)19-8-7-14(13-19)18-9-11-20-12-10-18/h14-16H,1-13,17H2. The van der Waals surface area contributed by atoms with Crippen LogP contribution in [-0.4, -0.2) is 67.3 Å². The molecular formula is C16H31N3O. The van der Waals surface area contributed by atoms with Gasteiger partial charge in [-0.25, -0.2) is 0 Å². The van der Waals surface area contributed by atoms with Gasteiger partial charge in [0.2, 0.25) is 0 Å². The zero-order chi connectivity index (χ0) is 13.8. The van der Waals surface area contributed by atoms with E-state index >= 15 is 0 Å². The van der Waals surface area contributed by atoms with Crippen LogP contribution in [0.1, 0.15) is 44.9 Å². The highest BCUT2D eigenvalue weighted by Gasteiger charge is 2.34. The summed E-state index contributed by atoms with van der Waals surface area (Å²) in [5.41, 5.74) is 6.48. The number of morpholine rings is 1. The van der Waals surface area contributed by atoms with Gasteiger partial charge in [-0.05, 0) is 19.3 Å². The van der Waals surface area contributed by atoms with Gasteiger partial charge in [-0.3, -0.25) is 9.80 Å². The van der Waals surface area contributed by atoms with Gasteiger partial charge in [0.05, 0.1) is 13.2 Å². The first-order valence-electron chi connectivity index (χ1n) is 8.66. The molecule has 1 aliphatic carbocycles. The number of ether oxygens (including phenoxy) is 1. The molecule has 0 bridgehead atoms. The number of nitrogens with zero attached hydrogens (tertiary/aromatic N) is 2. The number of likely N-dealkylation sites (tertiary alicyclic amines) is 1. The molecule has 0 aromatic heterocycles. The van der Waals surface area contributed by atoms with E-state index in [-0.39, 0.29) is 0 Å². The summed E-state index contributed by atoms with van der Waals surface area (Å²) < 4.78 is 5.47. The Morgan fingerprint density at radius 2 is 1.55 bits per heavy atom. The maximum atomic E-state index is 6.48. The molecule has 2 saturated heterocycles. The van der Waals surface area contributed by atoms with Crippen molar-refractivity contribution in [3.05, 3.63) is 0 Å². The molecule has 0 aromatic rings. The molecular weight excluding hydrogens is 250 g/mol. The zero-order valence-electron chi connectivity index (χ0n) is 12.8. The molecule has 2 heterocycles. The minimum absolute atomic E-state index is 0.402. The van der Waals surface area contributed by atoms with E-state index in [9.17, 15) is 0 Å². The monoisotopic (exact) mass is 281 g/mol. The lowest BCUT2D eigenvalue weighted by Crippen LogP contribution is -2.49. The van der Waals surface area contributed by atoms with Crippen LogP contribution in [0.4, 0.5) is 0 Å². The van der Waals surface area contributed by atoms with Gasteiger partial charge >= 0.3 is 0 Å². The van der Waals surface area contributed by atoms with Crippen LogP contribution in [-0.2, 0) is 4.74 Å². The molecule has 3 rings (SSSR count). The third kappa shape index (κ3) is 3.53. The van der Waals surface area contributed by atoms with Crippen molar-refractivity contribution in [2.75, 3.05) is 39.4 Å². The molecule has 0 amide bonds. The molecule has 0 aromatic carbocycles. The molecule has 1 saturated carbocycles. The average molecular weight is 281 g/mol. The molecule has 3 aliphatic rings. The Hall–Kier alpha value is -0.160. The maximum absolute atomic E-state index is 6.48. The summed E-state index contributed by atoms with van der Waals surface area (Å²) in [6.07, 6.45) is 9.36. The van der Waals surface area contributed by atoms with Crippen molar-refractivity contribution in [3.8, 4) is 0 Å². The van der Waals surface area contributed by atoms with Crippen LogP contribution in [0.15, 0.2) is 0 Å². The Balaban J connectivity index is 1.54. The van der Waals surface area contributed by atoms with Crippen LogP contribution in [0, 0.1) is 0 Å². The predicted octanol–water partition coefficient (Wildman–Crippen LogP) is 1.44. The van der Waals surface area contributed by atoms with Gasteiger partial charge in [0.25, 0.3) is 0 Å². The van der Waals surface area contributed by atoms with E-state index in [4.69, 9.17) is 10.5 Å². The Kier molecular flexibility index (Phi) is 5.32. The highest BCUT2D eigenvalue weighted by Crippen LogP contribution is 2.26. The van der Waals surface area contributed by atoms with Crippen LogP contribution in [0.3, 0.4) is 0 Å². The molecule has 4 nitrogen and oxygen atoms in total. The van der Waals surface area contributed by atoms with E-state index in [1.807, 2.05) is 0 Å². The molecule has 3 unspecified atom stereocenters. The normalized spacial score (nSPS) is 38.5. The van der Waals surface area contributed by atoms with Gasteiger partial charge in [-0.15, -0.1) is 0 Å². The smallest absolute Gasteiger partial charge is 0.0594 e. The van der Waals surface area contributed by atoms with Gasteiger partial charge in [-0.1, -0.05) is 25.7 Å². The van der Waals surface area contributed by atoms with Crippen molar-refractivity contribution in [1.82, 2.24) is 9.80 Å². The van der Waals surface area contributed by atoms with Gasteiger partial charge in [0, 0.05) is 44.3 Å². The molecule has 2 N–H and O–H groups in total. The molecule has 3 atom stereocenters. The predicted molar refractivity (Wildman–Crippen MR) is 81.8 cm³/mol. The minimum atomic E-state index is 0.402. The lowest BCUT2D eigenvalue weighted by atomic mass is 9.92. The molecule has 20 heavy (non-hydrogen) atoms. The van der Waals surface area contributed by atoms with Crippen molar-refractivity contribution in [2.24, 2.45) is 5.73 Å². The van der Waals surface area contributed by atoms with E-state index in [1.165, 1.54) is 58.0 Å². The summed E-state index contributed by atoms with van der Waals surface area (Å²) in [6, 6.07) is 1.79. The summed E-state index contributed by atoms with van der Waals surface area (Å²) in [5.74, 6) is 0. The largest absolute Gasteiger partial charge is 0.379 e. The second-order valence-electron chi connectivity index (χ2n) is 6.81. The first-order valence-corrected chi connectivity index (χ1v) is 8.66. The van der Waals surface area contributed by atoms with Crippen molar-refractivity contribution < 1.29 is 4.74 Å². The van der Waals surface area contributed by atoms with E-state index < -0.39 is 0 Å². The average Bonchev–Trinajstić information content (AvgIpc) is 2.94. The first-order chi connectivity index (χ1) is 9.84. The third-order valence-electron chi connectivity index (χ3n) is 5.51. The van der Waals surface area contributed by atoms with E-state index in [2.05, 4.69) is 9.80 Å². The van der Waals surface area contributed by atoms with Crippen molar-refractivity contribution in [1.29, 1.82) is 0 Å². The quantitative estimate of drug-likeness (QED) is 0.832. The number of hydrogen-bond donors (Lipinski definition) is 1. The van der Waals surface area contributed by atoms with Gasteiger partial charge < -0.3 is 10.5 Å². The molecule has 0 spiro atoms. The molecule has 116 valence electrons. The fourth-order valence-corrected chi connectivity index (χ4v) is 4.26. The van der Waals surface area contributed by atoms with Crippen LogP contribution >= 0.6 is 0 Å². The van der Waals surface area contributed by atoms with Crippen molar-refractivity contribution in [3.63, 3.8) is 0 Å². The summed E-state index contributed by atoms with van der Waals surface area (Å²) >= 11 is 0. The van der Waals surface area contributed by atoms with E-state index in [0.29, 0.717) is 12.1 Å². The van der Waals surface area contributed by atoms with Crippen LogP contribution in [0.5, 0.6) is 0 Å². The maximum Gasteiger partial charge on any atom is 0.0594 e. The van der Waals surface area contributed by atoms with E-state index in [0.717, 1.165) is 32.3 Å². The summed E-state index contributed by atoms with van der Waals surface area (Å²) in [7, 11) is 0. The highest BCUT2D eigenvalue weighted by molar-refractivity contribution is 4.92. The van der Waals surface area contributed by atoms with Crippen LogP contribution < -0.4 is 5.73 Å². The fourth-order valence-electron chi connectivity index (χ4n) is 4.26. The number of hydrogen-bond acceptors (Lipinski definition) is 4. The molecule has 4 heteroatoms.